The first kappa shape index (κ1) is 14.4. The number of benzene rings is 2. The van der Waals surface area contributed by atoms with Crippen molar-refractivity contribution in [3.8, 4) is 0 Å². The van der Waals surface area contributed by atoms with Crippen LogP contribution in [0.4, 0.5) is 10.1 Å². The van der Waals surface area contributed by atoms with E-state index in [1.807, 2.05) is 0 Å². The maximum Gasteiger partial charge on any atom is 0.125 e. The molecule has 1 fully saturated rings. The van der Waals surface area contributed by atoms with Gasteiger partial charge in [-0.15, -0.1) is 0 Å². The number of hydrogen-bond acceptors (Lipinski definition) is 2. The van der Waals surface area contributed by atoms with Crippen LogP contribution in [0.15, 0.2) is 42.5 Å². The minimum absolute atomic E-state index is 0.0856. The summed E-state index contributed by atoms with van der Waals surface area (Å²) in [5.41, 5.74) is 8.89. The molecular formula is C17H18ClFN2. The van der Waals surface area contributed by atoms with Crippen molar-refractivity contribution in [1.29, 1.82) is 0 Å². The summed E-state index contributed by atoms with van der Waals surface area (Å²) < 4.78 is 13.3. The minimum Gasteiger partial charge on any atom is -0.376 e. The van der Waals surface area contributed by atoms with E-state index in [-0.39, 0.29) is 11.9 Å². The van der Waals surface area contributed by atoms with Crippen molar-refractivity contribution in [1.82, 2.24) is 0 Å². The first-order valence-electron chi connectivity index (χ1n) is 7.19. The van der Waals surface area contributed by atoms with Crippen LogP contribution in [0.1, 0.15) is 35.9 Å². The Hall–Kier alpha value is -1.58. The maximum atomic E-state index is 13.3. The Morgan fingerprint density at radius 1 is 1.19 bits per heavy atom. The van der Waals surface area contributed by atoms with E-state index in [4.69, 9.17) is 17.3 Å². The van der Waals surface area contributed by atoms with Crippen LogP contribution >= 0.6 is 11.6 Å². The average Bonchev–Trinajstić information content (AvgIpc) is 3.33. The molecule has 0 radical (unpaired) electrons. The van der Waals surface area contributed by atoms with Crippen LogP contribution in [-0.4, -0.2) is 6.54 Å². The van der Waals surface area contributed by atoms with Crippen LogP contribution in [0.3, 0.4) is 0 Å². The summed E-state index contributed by atoms with van der Waals surface area (Å²) >= 11 is 6.09. The molecule has 0 saturated heterocycles. The Morgan fingerprint density at radius 3 is 2.52 bits per heavy atom. The molecule has 110 valence electrons. The molecule has 0 heterocycles. The van der Waals surface area contributed by atoms with Gasteiger partial charge in [-0.25, -0.2) is 4.39 Å². The van der Waals surface area contributed by atoms with Crippen molar-refractivity contribution >= 4 is 17.3 Å². The summed E-state index contributed by atoms with van der Waals surface area (Å²) in [6.07, 6.45) is 2.58. The van der Waals surface area contributed by atoms with Gasteiger partial charge in [-0.05, 0) is 48.1 Å². The van der Waals surface area contributed by atoms with Crippen LogP contribution in [0.2, 0.25) is 5.02 Å². The zero-order valence-corrected chi connectivity index (χ0v) is 12.4. The number of halogens is 2. The van der Waals surface area contributed by atoms with Gasteiger partial charge in [0.05, 0.1) is 16.8 Å². The van der Waals surface area contributed by atoms with Gasteiger partial charge in [0.15, 0.2) is 0 Å². The molecule has 2 aromatic rings. The molecule has 3 N–H and O–H groups in total. The molecule has 1 unspecified atom stereocenters. The van der Waals surface area contributed by atoms with E-state index in [2.05, 4.69) is 29.6 Å². The third-order valence-corrected chi connectivity index (χ3v) is 4.21. The highest BCUT2D eigenvalue weighted by atomic mass is 35.5. The summed E-state index contributed by atoms with van der Waals surface area (Å²) in [5, 5.41) is 3.71. The second kappa shape index (κ2) is 6.04. The van der Waals surface area contributed by atoms with Gasteiger partial charge in [-0.3, -0.25) is 0 Å². The van der Waals surface area contributed by atoms with E-state index >= 15 is 0 Å². The molecule has 1 saturated carbocycles. The largest absolute Gasteiger partial charge is 0.376 e. The van der Waals surface area contributed by atoms with Crippen LogP contribution in [0.5, 0.6) is 0 Å². The van der Waals surface area contributed by atoms with Crippen molar-refractivity contribution in [3.05, 3.63) is 64.4 Å². The maximum absolute atomic E-state index is 13.3. The van der Waals surface area contributed by atoms with Crippen LogP contribution in [0, 0.1) is 5.82 Å². The zero-order chi connectivity index (χ0) is 14.8. The molecule has 4 heteroatoms. The molecule has 1 aliphatic carbocycles. The summed E-state index contributed by atoms with van der Waals surface area (Å²) in [6, 6.07) is 12.7. The number of nitrogens with two attached hydrogens (primary N) is 1. The van der Waals surface area contributed by atoms with Crippen LogP contribution in [-0.2, 0) is 0 Å². The second-order valence-corrected chi connectivity index (χ2v) is 5.90. The summed E-state index contributed by atoms with van der Waals surface area (Å²) in [4.78, 5) is 0. The van der Waals surface area contributed by atoms with Gasteiger partial charge >= 0.3 is 0 Å². The molecule has 3 rings (SSSR count). The Bertz CT molecular complexity index is 623. The van der Waals surface area contributed by atoms with Gasteiger partial charge < -0.3 is 11.1 Å². The predicted molar refractivity (Wildman–Crippen MR) is 85.2 cm³/mol. The lowest BCUT2D eigenvalue weighted by Gasteiger charge is -2.20. The van der Waals surface area contributed by atoms with Gasteiger partial charge in [-0.2, -0.15) is 0 Å². The molecule has 2 aromatic carbocycles. The summed E-state index contributed by atoms with van der Waals surface area (Å²) in [6.45, 7) is 0.412. The molecule has 0 aliphatic heterocycles. The molecule has 1 aliphatic rings. The molecule has 0 spiro atoms. The molecule has 2 nitrogen and oxygen atoms in total. The normalized spacial score (nSPS) is 15.8. The lowest BCUT2D eigenvalue weighted by Crippen LogP contribution is -2.20. The zero-order valence-electron chi connectivity index (χ0n) is 11.7. The number of anilines is 1. The molecule has 1 atom stereocenters. The van der Waals surface area contributed by atoms with E-state index in [1.165, 1.54) is 30.5 Å². The third-order valence-electron chi connectivity index (χ3n) is 3.88. The molecule has 0 bridgehead atoms. The van der Waals surface area contributed by atoms with Crippen molar-refractivity contribution in [2.75, 3.05) is 11.9 Å². The summed E-state index contributed by atoms with van der Waals surface area (Å²) in [7, 11) is 0. The molecular weight excluding hydrogens is 287 g/mol. The van der Waals surface area contributed by atoms with E-state index in [0.29, 0.717) is 17.3 Å². The fourth-order valence-electron chi connectivity index (χ4n) is 2.49. The standard InChI is InChI=1S/C17H18ClFN2/c18-15-8-7-14(19)9-16(15)21-17(10-20)13-5-3-12(4-6-13)11-1-2-11/h3-9,11,17,21H,1-2,10,20H2. The number of nitrogens with one attached hydrogen (secondary N) is 1. The van der Waals surface area contributed by atoms with E-state index in [1.54, 1.807) is 6.07 Å². The first-order valence-corrected chi connectivity index (χ1v) is 7.56. The number of rotatable bonds is 5. The Labute approximate surface area is 129 Å². The van der Waals surface area contributed by atoms with Gasteiger partial charge in [0.1, 0.15) is 5.82 Å². The lowest BCUT2D eigenvalue weighted by molar-refractivity contribution is 0.627. The van der Waals surface area contributed by atoms with Gasteiger partial charge in [0, 0.05) is 6.54 Å². The lowest BCUT2D eigenvalue weighted by atomic mass is 10.0. The highest BCUT2D eigenvalue weighted by molar-refractivity contribution is 6.33. The second-order valence-electron chi connectivity index (χ2n) is 5.50. The Kier molecular flexibility index (Phi) is 4.13. The van der Waals surface area contributed by atoms with Crippen LogP contribution in [0.25, 0.3) is 0 Å². The predicted octanol–water partition coefficient (Wildman–Crippen LogP) is 4.47. The van der Waals surface area contributed by atoms with E-state index in [9.17, 15) is 4.39 Å². The highest BCUT2D eigenvalue weighted by Gasteiger charge is 2.23. The quantitative estimate of drug-likeness (QED) is 0.855. The Morgan fingerprint density at radius 2 is 1.90 bits per heavy atom. The number of hydrogen-bond donors (Lipinski definition) is 2. The van der Waals surface area contributed by atoms with E-state index in [0.717, 1.165) is 11.5 Å². The molecule has 0 aromatic heterocycles. The van der Waals surface area contributed by atoms with Crippen LogP contribution < -0.4 is 11.1 Å². The monoisotopic (exact) mass is 304 g/mol. The van der Waals surface area contributed by atoms with E-state index < -0.39 is 0 Å². The van der Waals surface area contributed by atoms with Crippen molar-refractivity contribution < 1.29 is 4.39 Å². The Balaban J connectivity index is 1.79. The fourth-order valence-corrected chi connectivity index (χ4v) is 2.66. The molecule has 0 amide bonds. The smallest absolute Gasteiger partial charge is 0.125 e. The van der Waals surface area contributed by atoms with Gasteiger partial charge in [0.2, 0.25) is 0 Å². The average molecular weight is 305 g/mol. The van der Waals surface area contributed by atoms with Gasteiger partial charge in [0.25, 0.3) is 0 Å². The van der Waals surface area contributed by atoms with Crippen molar-refractivity contribution in [2.24, 2.45) is 5.73 Å². The minimum atomic E-state index is -0.318. The summed E-state index contributed by atoms with van der Waals surface area (Å²) in [5.74, 6) is 0.419. The van der Waals surface area contributed by atoms with Crippen molar-refractivity contribution in [3.63, 3.8) is 0 Å². The highest BCUT2D eigenvalue weighted by Crippen LogP contribution is 2.40. The molecule has 21 heavy (non-hydrogen) atoms. The van der Waals surface area contributed by atoms with Gasteiger partial charge in [-0.1, -0.05) is 35.9 Å². The SMILES string of the molecule is NCC(Nc1cc(F)ccc1Cl)c1ccc(C2CC2)cc1. The fraction of sp³-hybridized carbons (Fsp3) is 0.294. The first-order chi connectivity index (χ1) is 10.2. The van der Waals surface area contributed by atoms with Crippen molar-refractivity contribution in [2.45, 2.75) is 24.8 Å². The third kappa shape index (κ3) is 3.36. The topological polar surface area (TPSA) is 38.0 Å².